The molecule has 1 nitrogen and oxygen atoms in total. The minimum atomic E-state index is 0.113. The van der Waals surface area contributed by atoms with Gasteiger partial charge in [-0.05, 0) is 23.8 Å². The molecule has 1 aromatic rings. The van der Waals surface area contributed by atoms with Gasteiger partial charge in [0.1, 0.15) is 0 Å². The van der Waals surface area contributed by atoms with Crippen molar-refractivity contribution in [2.24, 2.45) is 11.7 Å². The predicted octanol–water partition coefficient (Wildman–Crippen LogP) is 3.84. The van der Waals surface area contributed by atoms with Crippen molar-refractivity contribution in [3.63, 3.8) is 0 Å². The molecule has 2 unspecified atom stereocenters. The Labute approximate surface area is 88.9 Å². The van der Waals surface area contributed by atoms with Crippen molar-refractivity contribution in [2.75, 3.05) is 0 Å². The van der Waals surface area contributed by atoms with E-state index in [1.165, 1.54) is 6.42 Å². The third kappa shape index (κ3) is 2.97. The second-order valence-electron chi connectivity index (χ2n) is 3.49. The van der Waals surface area contributed by atoms with Crippen LogP contribution in [-0.2, 0) is 0 Å². The minimum Gasteiger partial charge on any atom is -0.323 e. The van der Waals surface area contributed by atoms with Gasteiger partial charge in [-0.1, -0.05) is 31.9 Å². The molecule has 2 N–H and O–H groups in total. The van der Waals surface area contributed by atoms with Crippen LogP contribution in [0, 0.1) is 5.92 Å². The molecule has 0 amide bonds. The normalized spacial score (nSPS) is 15.7. The third-order valence-corrected chi connectivity index (χ3v) is 3.83. The molecule has 1 heterocycles. The van der Waals surface area contributed by atoms with E-state index < -0.39 is 0 Å². The summed E-state index contributed by atoms with van der Waals surface area (Å²) in [6.45, 7) is 4.41. The first kappa shape index (κ1) is 11.0. The van der Waals surface area contributed by atoms with Gasteiger partial charge in [-0.2, -0.15) is 0 Å². The third-order valence-electron chi connectivity index (χ3n) is 2.33. The molecule has 1 aromatic heterocycles. The Hall–Kier alpha value is -0.0500. The number of rotatable bonds is 4. The summed E-state index contributed by atoms with van der Waals surface area (Å²) < 4.78 is 0. The fraction of sp³-hybridized carbons (Fsp3) is 0.600. The van der Waals surface area contributed by atoms with Gasteiger partial charge in [0.05, 0.1) is 5.02 Å². The molecular weight excluding hydrogens is 202 g/mol. The van der Waals surface area contributed by atoms with Gasteiger partial charge in [-0.15, -0.1) is 11.3 Å². The maximum absolute atomic E-state index is 6.04. The lowest BCUT2D eigenvalue weighted by Gasteiger charge is -2.14. The fourth-order valence-electron chi connectivity index (χ4n) is 1.28. The van der Waals surface area contributed by atoms with E-state index in [9.17, 15) is 0 Å². The molecule has 0 saturated heterocycles. The summed E-state index contributed by atoms with van der Waals surface area (Å²) in [5.74, 6) is 0.674. The second-order valence-corrected chi connectivity index (χ2v) is 4.84. The molecule has 0 aromatic carbocycles. The Morgan fingerprint density at radius 1 is 1.62 bits per heavy atom. The van der Waals surface area contributed by atoms with Gasteiger partial charge < -0.3 is 5.73 Å². The molecule has 13 heavy (non-hydrogen) atoms. The van der Waals surface area contributed by atoms with Crippen LogP contribution < -0.4 is 5.73 Å². The highest BCUT2D eigenvalue weighted by molar-refractivity contribution is 7.10. The van der Waals surface area contributed by atoms with Gasteiger partial charge in [0.25, 0.3) is 0 Å². The van der Waals surface area contributed by atoms with Crippen LogP contribution in [0.1, 0.15) is 37.6 Å². The zero-order valence-corrected chi connectivity index (χ0v) is 9.66. The van der Waals surface area contributed by atoms with Crippen LogP contribution in [0.25, 0.3) is 0 Å². The Bertz CT molecular complexity index is 259. The lowest BCUT2D eigenvalue weighted by molar-refractivity contribution is 0.465. The van der Waals surface area contributed by atoms with Gasteiger partial charge >= 0.3 is 0 Å². The van der Waals surface area contributed by atoms with Crippen molar-refractivity contribution in [2.45, 2.75) is 32.7 Å². The van der Waals surface area contributed by atoms with Crippen molar-refractivity contribution >= 4 is 22.9 Å². The van der Waals surface area contributed by atoms with Crippen LogP contribution in [0.15, 0.2) is 11.4 Å². The highest BCUT2D eigenvalue weighted by Crippen LogP contribution is 2.31. The highest BCUT2D eigenvalue weighted by atomic mass is 35.5. The summed E-state index contributed by atoms with van der Waals surface area (Å²) in [6.07, 6.45) is 2.20. The van der Waals surface area contributed by atoms with Crippen molar-refractivity contribution in [1.29, 1.82) is 0 Å². The van der Waals surface area contributed by atoms with Crippen molar-refractivity contribution in [3.8, 4) is 0 Å². The maximum atomic E-state index is 6.04. The lowest BCUT2D eigenvalue weighted by Crippen LogP contribution is -2.12. The first-order valence-electron chi connectivity index (χ1n) is 4.63. The summed E-state index contributed by atoms with van der Waals surface area (Å²) in [5.41, 5.74) is 6.04. The molecule has 74 valence electrons. The summed E-state index contributed by atoms with van der Waals surface area (Å²) >= 11 is 7.64. The summed E-state index contributed by atoms with van der Waals surface area (Å²) in [7, 11) is 0. The van der Waals surface area contributed by atoms with Gasteiger partial charge in [0, 0.05) is 10.9 Å². The SMILES string of the molecule is CCC(C)CC(N)c1sccc1Cl. The van der Waals surface area contributed by atoms with E-state index in [4.69, 9.17) is 17.3 Å². The molecule has 3 heteroatoms. The number of nitrogens with two attached hydrogens (primary N) is 1. The van der Waals surface area contributed by atoms with E-state index in [0.29, 0.717) is 5.92 Å². The van der Waals surface area contributed by atoms with Gasteiger partial charge in [0.15, 0.2) is 0 Å². The van der Waals surface area contributed by atoms with Gasteiger partial charge in [-0.25, -0.2) is 0 Å². The molecule has 0 fully saturated rings. The molecule has 0 aliphatic heterocycles. The molecule has 0 bridgehead atoms. The molecule has 0 radical (unpaired) electrons. The van der Waals surface area contributed by atoms with Gasteiger partial charge in [-0.3, -0.25) is 0 Å². The maximum Gasteiger partial charge on any atom is 0.0561 e. The van der Waals surface area contributed by atoms with E-state index in [0.717, 1.165) is 16.3 Å². The molecular formula is C10H16ClNS. The fourth-order valence-corrected chi connectivity index (χ4v) is 2.49. The highest BCUT2D eigenvalue weighted by Gasteiger charge is 2.13. The number of halogens is 1. The van der Waals surface area contributed by atoms with Crippen LogP contribution in [0.2, 0.25) is 5.02 Å². The lowest BCUT2D eigenvalue weighted by atomic mass is 9.99. The van der Waals surface area contributed by atoms with E-state index in [2.05, 4.69) is 13.8 Å². The number of thiophene rings is 1. The quantitative estimate of drug-likeness (QED) is 0.815. The first-order valence-corrected chi connectivity index (χ1v) is 5.89. The van der Waals surface area contributed by atoms with Crippen LogP contribution in [0.3, 0.4) is 0 Å². The van der Waals surface area contributed by atoms with E-state index >= 15 is 0 Å². The molecule has 0 aliphatic rings. The van der Waals surface area contributed by atoms with Crippen LogP contribution in [-0.4, -0.2) is 0 Å². The second kappa shape index (κ2) is 4.99. The molecule has 0 saturated carbocycles. The zero-order valence-electron chi connectivity index (χ0n) is 8.09. The van der Waals surface area contributed by atoms with Crippen molar-refractivity contribution < 1.29 is 0 Å². The number of hydrogen-bond acceptors (Lipinski definition) is 2. The predicted molar refractivity (Wildman–Crippen MR) is 60.3 cm³/mol. The van der Waals surface area contributed by atoms with Crippen LogP contribution in [0.5, 0.6) is 0 Å². The average Bonchev–Trinajstić information content (AvgIpc) is 2.51. The smallest absolute Gasteiger partial charge is 0.0561 e. The Morgan fingerprint density at radius 2 is 2.31 bits per heavy atom. The Kier molecular flexibility index (Phi) is 4.23. The average molecular weight is 218 g/mol. The topological polar surface area (TPSA) is 26.0 Å². The molecule has 0 aliphatic carbocycles. The zero-order chi connectivity index (χ0) is 9.84. The van der Waals surface area contributed by atoms with Crippen LogP contribution >= 0.6 is 22.9 Å². The van der Waals surface area contributed by atoms with Crippen molar-refractivity contribution in [1.82, 2.24) is 0 Å². The van der Waals surface area contributed by atoms with E-state index in [1.54, 1.807) is 11.3 Å². The molecule has 0 spiro atoms. The van der Waals surface area contributed by atoms with Gasteiger partial charge in [0.2, 0.25) is 0 Å². The minimum absolute atomic E-state index is 0.113. The van der Waals surface area contributed by atoms with E-state index in [-0.39, 0.29) is 6.04 Å². The largest absolute Gasteiger partial charge is 0.323 e. The van der Waals surface area contributed by atoms with E-state index in [1.807, 2.05) is 11.4 Å². The number of hydrogen-bond donors (Lipinski definition) is 1. The van der Waals surface area contributed by atoms with Crippen molar-refractivity contribution in [3.05, 3.63) is 21.3 Å². The molecule has 1 rings (SSSR count). The molecule has 2 atom stereocenters. The summed E-state index contributed by atoms with van der Waals surface area (Å²) in [5, 5.41) is 2.81. The standard InChI is InChI=1S/C10H16ClNS/c1-3-7(2)6-9(12)10-8(11)4-5-13-10/h4-5,7,9H,3,6,12H2,1-2H3. The summed E-state index contributed by atoms with van der Waals surface area (Å²) in [4.78, 5) is 1.13. The first-order chi connectivity index (χ1) is 6.15. The summed E-state index contributed by atoms with van der Waals surface area (Å²) in [6, 6.07) is 2.03. The monoisotopic (exact) mass is 217 g/mol. The van der Waals surface area contributed by atoms with Crippen LogP contribution in [0.4, 0.5) is 0 Å². The Morgan fingerprint density at radius 3 is 2.77 bits per heavy atom. The Balaban J connectivity index is 2.58.